The fraction of sp³-hybridized carbons (Fsp3) is 0.613. The second-order valence-electron chi connectivity index (χ2n) is 10.8. The van der Waals surface area contributed by atoms with E-state index in [4.69, 9.17) is 13.9 Å². The zero-order chi connectivity index (χ0) is 27.1. The van der Waals surface area contributed by atoms with Gasteiger partial charge in [-0.25, -0.2) is 0 Å². The minimum atomic E-state index is -1.99. The van der Waals surface area contributed by atoms with Gasteiger partial charge >= 0.3 is 0 Å². The van der Waals surface area contributed by atoms with Crippen LogP contribution in [0, 0.1) is 5.92 Å². The van der Waals surface area contributed by atoms with E-state index in [1.807, 2.05) is 37.3 Å². The van der Waals surface area contributed by atoms with E-state index >= 15 is 0 Å². The Morgan fingerprint density at radius 1 is 0.917 bits per heavy atom. The van der Waals surface area contributed by atoms with Crippen LogP contribution in [-0.2, 0) is 15.8 Å². The molecule has 1 aromatic rings. The van der Waals surface area contributed by atoms with E-state index in [9.17, 15) is 5.11 Å². The average Bonchev–Trinajstić information content (AvgIpc) is 2.83. The fourth-order valence-electron chi connectivity index (χ4n) is 5.11. The van der Waals surface area contributed by atoms with Crippen LogP contribution in [0.1, 0.15) is 73.8 Å². The molecule has 5 heteroatoms. The first-order chi connectivity index (χ1) is 17.1. The average molecular weight is 517 g/mol. The molecule has 0 aliphatic heterocycles. The Hall–Kier alpha value is -1.66. The highest BCUT2D eigenvalue weighted by Crippen LogP contribution is 2.43. The Kier molecular flexibility index (Phi) is 15.2. The summed E-state index contributed by atoms with van der Waals surface area (Å²) in [5.74, 6) is 1.30. The van der Waals surface area contributed by atoms with E-state index in [2.05, 4.69) is 72.8 Å². The summed E-state index contributed by atoms with van der Waals surface area (Å²) < 4.78 is 18.1. The molecule has 204 valence electrons. The van der Waals surface area contributed by atoms with Gasteiger partial charge in [-0.1, -0.05) is 96.6 Å². The molecule has 0 amide bonds. The van der Waals surface area contributed by atoms with Gasteiger partial charge in [0.1, 0.15) is 5.75 Å². The highest BCUT2D eigenvalue weighted by molar-refractivity contribution is 6.77. The summed E-state index contributed by atoms with van der Waals surface area (Å²) in [7, 11) is -0.318. The van der Waals surface area contributed by atoms with Gasteiger partial charge in [0.25, 0.3) is 0 Å². The van der Waals surface area contributed by atoms with Crippen molar-refractivity contribution < 1.29 is 19.0 Å². The second-order valence-corrected chi connectivity index (χ2v) is 16.2. The van der Waals surface area contributed by atoms with Crippen LogP contribution in [0.25, 0.3) is 0 Å². The zero-order valence-corrected chi connectivity index (χ0v) is 25.3. The summed E-state index contributed by atoms with van der Waals surface area (Å²) >= 11 is 0. The summed E-state index contributed by atoms with van der Waals surface area (Å²) in [4.78, 5) is 0. The third-order valence-electron chi connectivity index (χ3n) is 7.06. The minimum absolute atomic E-state index is 0.0622. The minimum Gasteiger partial charge on any atom is -0.497 e. The van der Waals surface area contributed by atoms with Crippen LogP contribution in [0.2, 0.25) is 16.6 Å². The third kappa shape index (κ3) is 10.8. The lowest BCUT2D eigenvalue weighted by Gasteiger charge is -2.44. The Bertz CT molecular complexity index is 787. The first-order valence-electron chi connectivity index (χ1n) is 13.6. The van der Waals surface area contributed by atoms with Crippen LogP contribution in [0.3, 0.4) is 0 Å². The first kappa shape index (κ1) is 32.4. The summed E-state index contributed by atoms with van der Waals surface area (Å²) in [5, 5.41) is 9.23. The van der Waals surface area contributed by atoms with Gasteiger partial charge in [-0.3, -0.25) is 0 Å². The summed E-state index contributed by atoms with van der Waals surface area (Å²) in [6.45, 7) is 19.6. The maximum atomic E-state index is 9.23. The van der Waals surface area contributed by atoms with Crippen LogP contribution in [0.5, 0.6) is 5.75 Å². The highest BCUT2D eigenvalue weighted by Gasteiger charge is 2.46. The smallest absolute Gasteiger partial charge is 0.201 e. The zero-order valence-electron chi connectivity index (χ0n) is 24.3. The maximum Gasteiger partial charge on any atom is 0.201 e. The van der Waals surface area contributed by atoms with Crippen LogP contribution in [0.4, 0.5) is 0 Å². The van der Waals surface area contributed by atoms with Crippen molar-refractivity contribution in [2.75, 3.05) is 20.3 Å². The molecule has 0 radical (unpaired) electrons. The molecule has 0 bridgehead atoms. The van der Waals surface area contributed by atoms with Crippen molar-refractivity contribution in [1.29, 1.82) is 0 Å². The van der Waals surface area contributed by atoms with Crippen molar-refractivity contribution in [2.45, 2.75) is 97.6 Å². The number of methoxy groups -OCH3 is 1. The van der Waals surface area contributed by atoms with Crippen molar-refractivity contribution in [2.24, 2.45) is 5.92 Å². The summed E-state index contributed by atoms with van der Waals surface area (Å²) in [6.07, 6.45) is 12.6. The molecular weight excluding hydrogens is 464 g/mol. The molecule has 0 spiro atoms. The van der Waals surface area contributed by atoms with Gasteiger partial charge in [-0.05, 0) is 60.0 Å². The molecule has 0 aliphatic carbocycles. The Morgan fingerprint density at radius 2 is 1.53 bits per heavy atom. The predicted molar refractivity (Wildman–Crippen MR) is 156 cm³/mol. The molecule has 0 aromatic heterocycles. The van der Waals surface area contributed by atoms with Gasteiger partial charge in [0.05, 0.1) is 33.0 Å². The van der Waals surface area contributed by atoms with Crippen molar-refractivity contribution in [1.82, 2.24) is 0 Å². The van der Waals surface area contributed by atoms with Gasteiger partial charge < -0.3 is 19.0 Å². The Labute approximate surface area is 222 Å². The van der Waals surface area contributed by atoms with E-state index in [-0.39, 0.29) is 12.7 Å². The molecule has 36 heavy (non-hydrogen) atoms. The number of benzene rings is 1. The SMILES string of the molecule is COc1ccc(COC/C=C/[C@@H](C)CC[C@@H](/C=C/C(C)=C\CO)O[Si](C(C)C)(C(C)C)C(C)C)cc1. The normalized spacial score (nSPS) is 15.1. The number of rotatable bonds is 17. The largest absolute Gasteiger partial charge is 0.497 e. The number of allylic oxidation sites excluding steroid dienone is 3. The number of aliphatic hydroxyl groups is 1. The van der Waals surface area contributed by atoms with Gasteiger partial charge in [0.15, 0.2) is 0 Å². The Balaban J connectivity index is 2.75. The van der Waals surface area contributed by atoms with Crippen molar-refractivity contribution >= 4 is 8.32 Å². The number of hydrogen-bond donors (Lipinski definition) is 1. The summed E-state index contributed by atoms with van der Waals surface area (Å²) in [6, 6.07) is 7.98. The standard InChI is InChI=1S/C31H52O4Si/c1-24(2)36(25(3)4,26(5)6)35-31(17-13-28(8)20-21-32)16-12-27(7)11-10-22-34-23-29-14-18-30(33-9)19-15-29/h10-11,13-15,17-20,24-27,31-32H,12,16,21-23H2,1-9H3/b11-10+,17-13+,28-20-/t27-,31+/m1/s1. The molecule has 0 heterocycles. The van der Waals surface area contributed by atoms with Crippen LogP contribution < -0.4 is 4.74 Å². The topological polar surface area (TPSA) is 47.9 Å². The van der Waals surface area contributed by atoms with Crippen molar-refractivity contribution in [3.8, 4) is 5.75 Å². The molecule has 0 saturated carbocycles. The van der Waals surface area contributed by atoms with E-state index in [0.29, 0.717) is 35.8 Å². The second kappa shape index (κ2) is 17.0. The van der Waals surface area contributed by atoms with Crippen LogP contribution >= 0.6 is 0 Å². The molecule has 0 aliphatic rings. The van der Waals surface area contributed by atoms with Crippen LogP contribution in [-0.4, -0.2) is 39.9 Å². The van der Waals surface area contributed by atoms with Gasteiger partial charge in [0.2, 0.25) is 8.32 Å². The molecule has 1 aromatic carbocycles. The molecule has 2 atom stereocenters. The van der Waals surface area contributed by atoms with E-state index < -0.39 is 8.32 Å². The number of ether oxygens (including phenoxy) is 2. The molecule has 4 nitrogen and oxygen atoms in total. The fourth-order valence-corrected chi connectivity index (χ4v) is 10.7. The van der Waals surface area contributed by atoms with Gasteiger partial charge in [-0.2, -0.15) is 0 Å². The van der Waals surface area contributed by atoms with Gasteiger partial charge in [-0.15, -0.1) is 0 Å². The third-order valence-corrected chi connectivity index (χ3v) is 13.2. The van der Waals surface area contributed by atoms with Crippen molar-refractivity contribution in [3.63, 3.8) is 0 Å². The summed E-state index contributed by atoms with van der Waals surface area (Å²) in [5.41, 5.74) is 3.84. The number of aliphatic hydroxyl groups excluding tert-OH is 1. The molecule has 1 N–H and O–H groups in total. The predicted octanol–water partition coefficient (Wildman–Crippen LogP) is 8.24. The van der Waals surface area contributed by atoms with Crippen LogP contribution in [0.15, 0.2) is 60.2 Å². The quantitative estimate of drug-likeness (QED) is 0.0980. The van der Waals surface area contributed by atoms with Gasteiger partial charge in [0, 0.05) is 0 Å². The maximum absolute atomic E-state index is 9.23. The lowest BCUT2D eigenvalue weighted by atomic mass is 10.0. The monoisotopic (exact) mass is 516 g/mol. The van der Waals surface area contributed by atoms with E-state index in [1.54, 1.807) is 7.11 Å². The highest BCUT2D eigenvalue weighted by atomic mass is 28.4. The van der Waals surface area contributed by atoms with E-state index in [1.165, 1.54) is 0 Å². The molecule has 1 rings (SSSR count). The first-order valence-corrected chi connectivity index (χ1v) is 15.7. The lowest BCUT2D eigenvalue weighted by Crippen LogP contribution is -2.50. The number of hydrogen-bond acceptors (Lipinski definition) is 4. The van der Waals surface area contributed by atoms with E-state index in [0.717, 1.165) is 29.7 Å². The lowest BCUT2D eigenvalue weighted by molar-refractivity contribution is 0.148. The molecule has 0 fully saturated rings. The Morgan fingerprint density at radius 3 is 2.06 bits per heavy atom. The molecule has 0 unspecified atom stereocenters. The molecular formula is C31H52O4Si. The van der Waals surface area contributed by atoms with Crippen molar-refractivity contribution in [3.05, 3.63) is 65.8 Å². The molecule has 0 saturated heterocycles.